The number of hydrogen-bond acceptors (Lipinski definition) is 2. The molecule has 2 fully saturated rings. The molecule has 1 aliphatic heterocycles. The molecule has 126 valence electrons. The molecule has 3 rings (SSSR count). The summed E-state index contributed by atoms with van der Waals surface area (Å²) in [6.07, 6.45) is 5.61. The van der Waals surface area contributed by atoms with Gasteiger partial charge in [0.05, 0.1) is 11.0 Å². The third-order valence-electron chi connectivity index (χ3n) is 5.69. The zero-order valence-electron chi connectivity index (χ0n) is 14.1. The molecule has 2 aliphatic rings. The summed E-state index contributed by atoms with van der Waals surface area (Å²) in [5.74, 6) is 0.900. The zero-order valence-corrected chi connectivity index (χ0v) is 14.1. The number of piperazine rings is 1. The third kappa shape index (κ3) is 4.30. The summed E-state index contributed by atoms with van der Waals surface area (Å²) >= 11 is 0. The summed E-state index contributed by atoms with van der Waals surface area (Å²) < 4.78 is 0. The van der Waals surface area contributed by atoms with Gasteiger partial charge >= 0.3 is 0 Å². The molecule has 1 saturated heterocycles. The van der Waals surface area contributed by atoms with E-state index in [4.69, 9.17) is 0 Å². The van der Waals surface area contributed by atoms with Gasteiger partial charge in [-0.2, -0.15) is 0 Å². The standard InChI is InChI=1S/C18H27N3O2/c1-15-4-2-6-17(12-15)20-10-8-19(9-11-20)14-16-5-3-7-18(13-16)21(22)23/h3,5,7,13,15,17H,2,4,6,8-12,14H2,1H3/p+2/t15-,17-/m1/s1. The van der Waals surface area contributed by atoms with E-state index < -0.39 is 0 Å². The van der Waals surface area contributed by atoms with Gasteiger partial charge in [0, 0.05) is 24.1 Å². The number of hydrogen-bond donors (Lipinski definition) is 2. The maximum absolute atomic E-state index is 10.9. The minimum absolute atomic E-state index is 0.211. The molecule has 1 aromatic carbocycles. The van der Waals surface area contributed by atoms with Crippen LogP contribution in [0.5, 0.6) is 0 Å². The summed E-state index contributed by atoms with van der Waals surface area (Å²) in [6.45, 7) is 8.18. The molecule has 0 bridgehead atoms. The molecular weight excluding hydrogens is 290 g/mol. The summed E-state index contributed by atoms with van der Waals surface area (Å²) in [5.41, 5.74) is 1.30. The fraction of sp³-hybridized carbons (Fsp3) is 0.667. The van der Waals surface area contributed by atoms with Crippen LogP contribution in [0.15, 0.2) is 24.3 Å². The summed E-state index contributed by atoms with van der Waals surface area (Å²) in [5, 5.41) is 10.9. The average Bonchev–Trinajstić information content (AvgIpc) is 2.56. The first-order valence-electron chi connectivity index (χ1n) is 9.03. The van der Waals surface area contributed by atoms with Crippen LogP contribution < -0.4 is 9.80 Å². The molecular formula is C18H29N3O2+2. The molecule has 1 heterocycles. The van der Waals surface area contributed by atoms with Crippen molar-refractivity contribution in [3.05, 3.63) is 39.9 Å². The molecule has 1 aliphatic carbocycles. The Morgan fingerprint density at radius 1 is 1.22 bits per heavy atom. The van der Waals surface area contributed by atoms with E-state index >= 15 is 0 Å². The number of quaternary nitrogens is 2. The topological polar surface area (TPSA) is 52.0 Å². The Labute approximate surface area is 138 Å². The van der Waals surface area contributed by atoms with Crippen molar-refractivity contribution in [2.45, 2.75) is 45.2 Å². The number of nitrogens with one attached hydrogen (secondary N) is 2. The van der Waals surface area contributed by atoms with E-state index in [1.54, 1.807) is 28.0 Å². The molecule has 1 saturated carbocycles. The number of rotatable bonds is 4. The van der Waals surface area contributed by atoms with Gasteiger partial charge in [-0.15, -0.1) is 0 Å². The molecule has 2 atom stereocenters. The minimum atomic E-state index is -0.300. The maximum Gasteiger partial charge on any atom is 0.269 e. The first-order valence-corrected chi connectivity index (χ1v) is 9.03. The van der Waals surface area contributed by atoms with Gasteiger partial charge in [-0.1, -0.05) is 25.5 Å². The predicted molar refractivity (Wildman–Crippen MR) is 89.6 cm³/mol. The molecule has 5 nitrogen and oxygen atoms in total. The molecule has 2 N–H and O–H groups in total. The fourth-order valence-electron chi connectivity index (χ4n) is 4.38. The van der Waals surface area contributed by atoms with E-state index in [-0.39, 0.29) is 10.6 Å². The van der Waals surface area contributed by atoms with Crippen molar-refractivity contribution in [3.63, 3.8) is 0 Å². The summed E-state index contributed by atoms with van der Waals surface area (Å²) in [6, 6.07) is 8.00. The van der Waals surface area contributed by atoms with Crippen LogP contribution in [-0.2, 0) is 6.54 Å². The van der Waals surface area contributed by atoms with Gasteiger partial charge in [-0.05, 0) is 18.8 Å². The van der Waals surface area contributed by atoms with Crippen LogP contribution in [0.25, 0.3) is 0 Å². The van der Waals surface area contributed by atoms with Crippen LogP contribution in [0.1, 0.15) is 38.2 Å². The summed E-state index contributed by atoms with van der Waals surface area (Å²) in [7, 11) is 0. The Morgan fingerprint density at radius 2 is 2.00 bits per heavy atom. The molecule has 23 heavy (non-hydrogen) atoms. The second kappa shape index (κ2) is 7.41. The largest absolute Gasteiger partial charge is 0.323 e. The smallest absolute Gasteiger partial charge is 0.269 e. The Kier molecular flexibility index (Phi) is 5.28. The normalized spacial score (nSPS) is 31.7. The Hall–Kier alpha value is -1.46. The quantitative estimate of drug-likeness (QED) is 0.626. The lowest BCUT2D eigenvalue weighted by Crippen LogP contribution is -3.29. The van der Waals surface area contributed by atoms with Crippen molar-refractivity contribution < 1.29 is 14.7 Å². The van der Waals surface area contributed by atoms with Crippen molar-refractivity contribution in [1.82, 2.24) is 0 Å². The molecule has 0 radical (unpaired) electrons. The van der Waals surface area contributed by atoms with Crippen molar-refractivity contribution in [2.75, 3.05) is 26.2 Å². The van der Waals surface area contributed by atoms with Gasteiger partial charge in [-0.3, -0.25) is 10.1 Å². The van der Waals surface area contributed by atoms with Crippen molar-refractivity contribution in [3.8, 4) is 0 Å². The number of nitrogens with zero attached hydrogens (tertiary/aromatic N) is 1. The highest BCUT2D eigenvalue weighted by molar-refractivity contribution is 5.33. The molecule has 0 spiro atoms. The lowest BCUT2D eigenvalue weighted by molar-refractivity contribution is -1.03. The lowest BCUT2D eigenvalue weighted by atomic mass is 9.86. The molecule has 0 unspecified atom stereocenters. The van der Waals surface area contributed by atoms with Crippen molar-refractivity contribution in [1.29, 1.82) is 0 Å². The molecule has 0 aromatic heterocycles. The van der Waals surface area contributed by atoms with E-state index in [0.717, 1.165) is 24.1 Å². The van der Waals surface area contributed by atoms with Gasteiger partial charge < -0.3 is 9.80 Å². The van der Waals surface area contributed by atoms with Crippen LogP contribution in [0.2, 0.25) is 0 Å². The van der Waals surface area contributed by atoms with E-state index in [9.17, 15) is 10.1 Å². The van der Waals surface area contributed by atoms with Gasteiger partial charge in [0.2, 0.25) is 0 Å². The molecule has 0 amide bonds. The van der Waals surface area contributed by atoms with Crippen LogP contribution >= 0.6 is 0 Å². The predicted octanol–water partition coefficient (Wildman–Crippen LogP) is 0.457. The first-order chi connectivity index (χ1) is 11.1. The van der Waals surface area contributed by atoms with Gasteiger partial charge in [0.1, 0.15) is 32.7 Å². The third-order valence-corrected chi connectivity index (χ3v) is 5.69. The highest BCUT2D eigenvalue weighted by Gasteiger charge is 2.32. The lowest BCUT2D eigenvalue weighted by Gasteiger charge is -2.37. The van der Waals surface area contributed by atoms with Crippen molar-refractivity contribution >= 4 is 5.69 Å². The summed E-state index contributed by atoms with van der Waals surface area (Å²) in [4.78, 5) is 14.0. The van der Waals surface area contributed by atoms with E-state index in [0.29, 0.717) is 0 Å². The van der Waals surface area contributed by atoms with E-state index in [2.05, 4.69) is 6.92 Å². The monoisotopic (exact) mass is 319 g/mol. The van der Waals surface area contributed by atoms with Gasteiger partial charge in [0.25, 0.3) is 5.69 Å². The van der Waals surface area contributed by atoms with Crippen LogP contribution in [-0.4, -0.2) is 37.1 Å². The fourth-order valence-corrected chi connectivity index (χ4v) is 4.38. The van der Waals surface area contributed by atoms with Crippen LogP contribution in [0, 0.1) is 16.0 Å². The van der Waals surface area contributed by atoms with Crippen LogP contribution in [0.3, 0.4) is 0 Å². The van der Waals surface area contributed by atoms with Crippen LogP contribution in [0.4, 0.5) is 5.69 Å². The van der Waals surface area contributed by atoms with E-state index in [1.807, 2.05) is 6.07 Å². The Morgan fingerprint density at radius 3 is 2.70 bits per heavy atom. The Bertz CT molecular complexity index is 541. The minimum Gasteiger partial charge on any atom is -0.323 e. The highest BCUT2D eigenvalue weighted by atomic mass is 16.6. The maximum atomic E-state index is 10.9. The number of nitro groups is 1. The van der Waals surface area contributed by atoms with Gasteiger partial charge in [-0.25, -0.2) is 0 Å². The van der Waals surface area contributed by atoms with Crippen molar-refractivity contribution in [2.24, 2.45) is 5.92 Å². The average molecular weight is 319 g/mol. The second-order valence-electron chi connectivity index (χ2n) is 7.48. The Balaban J connectivity index is 1.51. The van der Waals surface area contributed by atoms with Gasteiger partial charge in [0.15, 0.2) is 0 Å². The number of nitro benzene ring substituents is 1. The van der Waals surface area contributed by atoms with E-state index in [1.165, 1.54) is 51.9 Å². The molecule has 1 aromatic rings. The highest BCUT2D eigenvalue weighted by Crippen LogP contribution is 2.21. The first kappa shape index (κ1) is 16.4. The SMILES string of the molecule is C[C@@H]1CCC[C@@H]([NH+]2CC[NH+](Cc3cccc([N+](=O)[O-])c3)CC2)C1. The molecule has 5 heteroatoms. The zero-order chi connectivity index (χ0) is 16.2. The number of non-ortho nitro benzene ring substituents is 1. The number of benzene rings is 1. The second-order valence-corrected chi connectivity index (χ2v) is 7.48.